The van der Waals surface area contributed by atoms with Crippen LogP contribution in [0.1, 0.15) is 11.3 Å². The Morgan fingerprint density at radius 3 is 2.27 bits per heavy atom. The average molecular weight is 365 g/mol. The Morgan fingerprint density at radius 2 is 1.54 bits per heavy atom. The highest BCUT2D eigenvalue weighted by Gasteiger charge is 2.13. The normalized spacial score (nSPS) is 11.0. The molecule has 1 aromatic heterocycles. The zero-order chi connectivity index (χ0) is 18.1. The van der Waals surface area contributed by atoms with Crippen LogP contribution in [0.4, 0.5) is 4.39 Å². The van der Waals surface area contributed by atoms with Gasteiger partial charge in [-0.3, -0.25) is 4.79 Å². The molecule has 0 aliphatic carbocycles. The van der Waals surface area contributed by atoms with E-state index >= 15 is 0 Å². The molecule has 4 aromatic rings. The number of aromatic nitrogens is 2. The predicted octanol–water partition coefficient (Wildman–Crippen LogP) is 4.77. The highest BCUT2D eigenvalue weighted by Crippen LogP contribution is 2.21. The molecule has 0 saturated heterocycles. The van der Waals surface area contributed by atoms with Crippen LogP contribution in [0.25, 0.3) is 16.5 Å². The standard InChI is InChI=1S/C21H14ClFN2O/c22-18-7-3-4-8-20(18)25-21(26)17-6-2-1-5-16(17)19(24-25)13-14-9-11-15(23)12-10-14/h1-12H,13H2. The van der Waals surface area contributed by atoms with Crippen LogP contribution in [-0.2, 0) is 6.42 Å². The fourth-order valence-corrected chi connectivity index (χ4v) is 3.18. The Labute approximate surface area is 154 Å². The monoisotopic (exact) mass is 364 g/mol. The van der Waals surface area contributed by atoms with Crippen LogP contribution in [0.15, 0.2) is 77.6 Å². The molecular formula is C21H14ClFN2O. The first kappa shape index (κ1) is 16.5. The number of hydrogen-bond acceptors (Lipinski definition) is 2. The van der Waals surface area contributed by atoms with Gasteiger partial charge in [0.1, 0.15) is 5.82 Å². The van der Waals surface area contributed by atoms with Crippen LogP contribution in [0.5, 0.6) is 0 Å². The molecule has 0 bridgehead atoms. The molecule has 1 heterocycles. The summed E-state index contributed by atoms with van der Waals surface area (Å²) in [6, 6.07) is 20.7. The molecule has 128 valence electrons. The lowest BCUT2D eigenvalue weighted by molar-refractivity contribution is 0.627. The van der Waals surface area contributed by atoms with Crippen molar-refractivity contribution in [2.24, 2.45) is 0 Å². The van der Waals surface area contributed by atoms with E-state index in [2.05, 4.69) is 5.10 Å². The van der Waals surface area contributed by atoms with Crippen molar-refractivity contribution in [3.8, 4) is 5.69 Å². The minimum absolute atomic E-state index is 0.225. The molecule has 4 rings (SSSR count). The van der Waals surface area contributed by atoms with Crippen molar-refractivity contribution in [1.29, 1.82) is 0 Å². The van der Waals surface area contributed by atoms with Crippen LogP contribution in [-0.4, -0.2) is 9.78 Å². The third kappa shape index (κ3) is 3.00. The van der Waals surface area contributed by atoms with Gasteiger partial charge in [-0.05, 0) is 35.9 Å². The molecule has 3 nitrogen and oxygen atoms in total. The summed E-state index contributed by atoms with van der Waals surface area (Å²) in [4.78, 5) is 12.9. The Balaban J connectivity index is 1.94. The summed E-state index contributed by atoms with van der Waals surface area (Å²) in [5.41, 5.74) is 1.95. The lowest BCUT2D eigenvalue weighted by atomic mass is 10.0. The summed E-state index contributed by atoms with van der Waals surface area (Å²) in [7, 11) is 0. The van der Waals surface area contributed by atoms with E-state index in [0.29, 0.717) is 22.5 Å². The molecule has 0 saturated carbocycles. The van der Waals surface area contributed by atoms with E-state index in [4.69, 9.17) is 11.6 Å². The van der Waals surface area contributed by atoms with Crippen molar-refractivity contribution < 1.29 is 4.39 Å². The number of fused-ring (bicyclic) bond motifs is 1. The second kappa shape index (κ2) is 6.73. The van der Waals surface area contributed by atoms with Gasteiger partial charge in [0.2, 0.25) is 0 Å². The maximum atomic E-state index is 13.2. The molecule has 0 spiro atoms. The number of hydrogen-bond donors (Lipinski definition) is 0. The first-order valence-corrected chi connectivity index (χ1v) is 8.51. The van der Waals surface area contributed by atoms with Gasteiger partial charge in [-0.25, -0.2) is 4.39 Å². The van der Waals surface area contributed by atoms with Crippen LogP contribution >= 0.6 is 11.6 Å². The minimum Gasteiger partial charge on any atom is -0.267 e. The highest BCUT2D eigenvalue weighted by molar-refractivity contribution is 6.32. The van der Waals surface area contributed by atoms with Crippen molar-refractivity contribution >= 4 is 22.4 Å². The smallest absolute Gasteiger partial charge is 0.267 e. The highest BCUT2D eigenvalue weighted by atomic mass is 35.5. The fraction of sp³-hybridized carbons (Fsp3) is 0.0476. The van der Waals surface area contributed by atoms with Crippen LogP contribution in [0, 0.1) is 5.82 Å². The SMILES string of the molecule is O=c1c2ccccc2c(Cc2ccc(F)cc2)nn1-c1ccccc1Cl. The van der Waals surface area contributed by atoms with Crippen molar-refractivity contribution in [1.82, 2.24) is 9.78 Å². The number of nitrogens with zero attached hydrogens (tertiary/aromatic N) is 2. The number of halogens is 2. The molecule has 0 N–H and O–H groups in total. The van der Waals surface area contributed by atoms with Gasteiger partial charge >= 0.3 is 0 Å². The first-order chi connectivity index (χ1) is 12.6. The van der Waals surface area contributed by atoms with E-state index in [0.717, 1.165) is 16.6 Å². The van der Waals surface area contributed by atoms with E-state index in [-0.39, 0.29) is 11.4 Å². The Hall–Kier alpha value is -2.98. The molecule has 0 radical (unpaired) electrons. The molecular weight excluding hydrogens is 351 g/mol. The van der Waals surface area contributed by atoms with Crippen molar-refractivity contribution in [3.63, 3.8) is 0 Å². The number of para-hydroxylation sites is 1. The van der Waals surface area contributed by atoms with Crippen LogP contribution < -0.4 is 5.56 Å². The summed E-state index contributed by atoms with van der Waals surface area (Å²) < 4.78 is 14.5. The summed E-state index contributed by atoms with van der Waals surface area (Å²) in [5, 5.41) is 6.38. The van der Waals surface area contributed by atoms with Crippen molar-refractivity contribution in [3.05, 3.63) is 105 Å². The third-order valence-electron chi connectivity index (χ3n) is 4.25. The van der Waals surface area contributed by atoms with Gasteiger partial charge in [-0.2, -0.15) is 9.78 Å². The molecule has 0 fully saturated rings. The Kier molecular flexibility index (Phi) is 4.27. The number of benzene rings is 3. The topological polar surface area (TPSA) is 34.9 Å². The molecule has 0 aliphatic heterocycles. The van der Waals surface area contributed by atoms with Gasteiger partial charge in [-0.15, -0.1) is 0 Å². The van der Waals surface area contributed by atoms with Crippen LogP contribution in [0.3, 0.4) is 0 Å². The molecule has 3 aromatic carbocycles. The zero-order valence-corrected chi connectivity index (χ0v) is 14.4. The zero-order valence-electron chi connectivity index (χ0n) is 13.7. The maximum absolute atomic E-state index is 13.2. The lowest BCUT2D eigenvalue weighted by Gasteiger charge is -2.12. The lowest BCUT2D eigenvalue weighted by Crippen LogP contribution is -2.23. The predicted molar refractivity (Wildman–Crippen MR) is 102 cm³/mol. The molecule has 26 heavy (non-hydrogen) atoms. The van der Waals surface area contributed by atoms with Gasteiger partial charge in [0.25, 0.3) is 5.56 Å². The molecule has 0 aliphatic rings. The van der Waals surface area contributed by atoms with Gasteiger partial charge in [0, 0.05) is 11.8 Å². The van der Waals surface area contributed by atoms with Gasteiger partial charge in [0.15, 0.2) is 0 Å². The van der Waals surface area contributed by atoms with E-state index < -0.39 is 0 Å². The van der Waals surface area contributed by atoms with Gasteiger partial charge < -0.3 is 0 Å². The second-order valence-corrected chi connectivity index (χ2v) is 6.37. The first-order valence-electron chi connectivity index (χ1n) is 8.14. The molecule has 0 amide bonds. The Bertz CT molecular complexity index is 1150. The van der Waals surface area contributed by atoms with Crippen molar-refractivity contribution in [2.45, 2.75) is 6.42 Å². The van der Waals surface area contributed by atoms with E-state index in [1.807, 2.05) is 24.3 Å². The summed E-state index contributed by atoms with van der Waals surface area (Å²) in [6.45, 7) is 0. The van der Waals surface area contributed by atoms with E-state index in [1.165, 1.54) is 16.8 Å². The van der Waals surface area contributed by atoms with Crippen molar-refractivity contribution in [2.75, 3.05) is 0 Å². The molecule has 0 unspecified atom stereocenters. The Morgan fingerprint density at radius 1 is 0.885 bits per heavy atom. The maximum Gasteiger partial charge on any atom is 0.279 e. The average Bonchev–Trinajstić information content (AvgIpc) is 2.66. The summed E-state index contributed by atoms with van der Waals surface area (Å²) in [5.74, 6) is -0.285. The molecule has 0 atom stereocenters. The largest absolute Gasteiger partial charge is 0.279 e. The fourth-order valence-electron chi connectivity index (χ4n) is 2.97. The number of rotatable bonds is 3. The van der Waals surface area contributed by atoms with Crippen LogP contribution in [0.2, 0.25) is 5.02 Å². The van der Waals surface area contributed by atoms with Gasteiger partial charge in [0.05, 0.1) is 21.8 Å². The third-order valence-corrected chi connectivity index (χ3v) is 4.57. The van der Waals surface area contributed by atoms with E-state index in [9.17, 15) is 9.18 Å². The quantitative estimate of drug-likeness (QED) is 0.525. The molecule has 5 heteroatoms. The summed E-state index contributed by atoms with van der Waals surface area (Å²) in [6.07, 6.45) is 0.478. The summed E-state index contributed by atoms with van der Waals surface area (Å²) >= 11 is 6.27. The van der Waals surface area contributed by atoms with Gasteiger partial charge in [-0.1, -0.05) is 54.1 Å². The second-order valence-electron chi connectivity index (χ2n) is 5.96. The van der Waals surface area contributed by atoms with E-state index in [1.54, 1.807) is 36.4 Å². The minimum atomic E-state index is -0.285.